The Balaban J connectivity index is 3.86. The molecule has 0 rings (SSSR count). The van der Waals surface area contributed by atoms with Crippen molar-refractivity contribution in [3.63, 3.8) is 0 Å². The molecule has 0 spiro atoms. The Hall–Kier alpha value is -0.0800. The van der Waals surface area contributed by atoms with Gasteiger partial charge in [0.25, 0.3) is 0 Å². The largest absolute Gasteiger partial charge is 0.330 e. The molecule has 0 aliphatic carbocycles. The van der Waals surface area contributed by atoms with Gasteiger partial charge in [0.2, 0.25) is 0 Å². The molecule has 110 valence electrons. The fraction of sp³-hybridized carbons (Fsp3) is 1.00. The monoisotopic (exact) mass is 256 g/mol. The fourth-order valence-corrected chi connectivity index (χ4v) is 2.71. The Labute approximate surface area is 115 Å². The number of rotatable bonds is 10. The van der Waals surface area contributed by atoms with Crippen LogP contribution in [-0.2, 0) is 0 Å². The van der Waals surface area contributed by atoms with Crippen LogP contribution in [0.4, 0.5) is 0 Å². The van der Waals surface area contributed by atoms with Gasteiger partial charge in [0, 0.05) is 6.04 Å². The standard InChI is InChI=1S/C16H36N2/c1-13(2)12-15(5)18(6)11-7-8-16(9-10-17)14(3)4/h13-16H,7-12,17H2,1-6H3. The maximum atomic E-state index is 5.69. The van der Waals surface area contributed by atoms with E-state index in [1.807, 2.05) is 0 Å². The first-order valence-corrected chi connectivity index (χ1v) is 7.78. The first-order valence-electron chi connectivity index (χ1n) is 7.78. The van der Waals surface area contributed by atoms with Crippen LogP contribution in [-0.4, -0.2) is 31.1 Å². The van der Waals surface area contributed by atoms with Crippen LogP contribution in [0.3, 0.4) is 0 Å². The molecule has 0 saturated heterocycles. The Morgan fingerprint density at radius 1 is 1.00 bits per heavy atom. The van der Waals surface area contributed by atoms with Gasteiger partial charge in [-0.2, -0.15) is 0 Å². The van der Waals surface area contributed by atoms with E-state index in [2.05, 4.69) is 46.6 Å². The summed E-state index contributed by atoms with van der Waals surface area (Å²) in [4.78, 5) is 2.51. The lowest BCUT2D eigenvalue weighted by atomic mass is 9.88. The van der Waals surface area contributed by atoms with Crippen LogP contribution >= 0.6 is 0 Å². The fourth-order valence-electron chi connectivity index (χ4n) is 2.71. The summed E-state index contributed by atoms with van der Waals surface area (Å²) in [5, 5.41) is 0. The van der Waals surface area contributed by atoms with Gasteiger partial charge < -0.3 is 10.6 Å². The summed E-state index contributed by atoms with van der Waals surface area (Å²) in [5.41, 5.74) is 5.69. The van der Waals surface area contributed by atoms with Crippen LogP contribution in [0.15, 0.2) is 0 Å². The lowest BCUT2D eigenvalue weighted by molar-refractivity contribution is 0.213. The van der Waals surface area contributed by atoms with E-state index in [-0.39, 0.29) is 0 Å². The Kier molecular flexibility index (Phi) is 9.76. The van der Waals surface area contributed by atoms with Crippen LogP contribution in [0.25, 0.3) is 0 Å². The molecule has 2 nitrogen and oxygen atoms in total. The molecule has 0 heterocycles. The molecule has 0 aliphatic rings. The van der Waals surface area contributed by atoms with Gasteiger partial charge in [0.15, 0.2) is 0 Å². The quantitative estimate of drug-likeness (QED) is 0.645. The minimum absolute atomic E-state index is 0.706. The highest BCUT2D eigenvalue weighted by molar-refractivity contribution is 4.68. The van der Waals surface area contributed by atoms with Crippen molar-refractivity contribution in [3.8, 4) is 0 Å². The second kappa shape index (κ2) is 9.80. The molecule has 0 aliphatic heterocycles. The molecular formula is C16H36N2. The number of hydrogen-bond donors (Lipinski definition) is 1. The molecule has 0 aromatic heterocycles. The zero-order valence-corrected chi connectivity index (χ0v) is 13.6. The second-order valence-corrected chi connectivity index (χ2v) is 6.68. The molecule has 0 amide bonds. The molecule has 2 unspecified atom stereocenters. The SMILES string of the molecule is CC(C)CC(C)N(C)CCCC(CCN)C(C)C. The van der Waals surface area contributed by atoms with Gasteiger partial charge in [0.05, 0.1) is 0 Å². The van der Waals surface area contributed by atoms with Gasteiger partial charge in [-0.05, 0) is 70.5 Å². The van der Waals surface area contributed by atoms with E-state index in [0.29, 0.717) is 6.04 Å². The average molecular weight is 256 g/mol. The highest BCUT2D eigenvalue weighted by Gasteiger charge is 2.14. The van der Waals surface area contributed by atoms with Crippen LogP contribution in [0.1, 0.15) is 60.3 Å². The number of hydrogen-bond acceptors (Lipinski definition) is 2. The third-order valence-electron chi connectivity index (χ3n) is 4.13. The molecule has 0 saturated carbocycles. The first-order chi connectivity index (χ1) is 8.38. The maximum absolute atomic E-state index is 5.69. The molecule has 2 heteroatoms. The van der Waals surface area contributed by atoms with Gasteiger partial charge in [-0.3, -0.25) is 0 Å². The van der Waals surface area contributed by atoms with Gasteiger partial charge in [-0.15, -0.1) is 0 Å². The summed E-state index contributed by atoms with van der Waals surface area (Å²) in [6.45, 7) is 13.7. The highest BCUT2D eigenvalue weighted by Crippen LogP contribution is 2.21. The highest BCUT2D eigenvalue weighted by atomic mass is 15.1. The minimum Gasteiger partial charge on any atom is -0.330 e. The topological polar surface area (TPSA) is 29.3 Å². The summed E-state index contributed by atoms with van der Waals surface area (Å²) in [6.07, 6.45) is 5.12. The molecule has 0 fully saturated rings. The molecule has 0 bridgehead atoms. The van der Waals surface area contributed by atoms with E-state index < -0.39 is 0 Å². The van der Waals surface area contributed by atoms with Crippen molar-refractivity contribution in [2.24, 2.45) is 23.5 Å². The normalized spacial score (nSPS) is 15.7. The van der Waals surface area contributed by atoms with E-state index in [0.717, 1.165) is 24.3 Å². The van der Waals surface area contributed by atoms with Crippen molar-refractivity contribution in [2.45, 2.75) is 66.3 Å². The molecule has 0 radical (unpaired) electrons. The van der Waals surface area contributed by atoms with Crippen molar-refractivity contribution in [1.82, 2.24) is 4.90 Å². The molecule has 2 atom stereocenters. The number of nitrogens with two attached hydrogens (primary N) is 1. The van der Waals surface area contributed by atoms with Gasteiger partial charge >= 0.3 is 0 Å². The van der Waals surface area contributed by atoms with E-state index in [1.54, 1.807) is 0 Å². The smallest absolute Gasteiger partial charge is 0.00663 e. The Morgan fingerprint density at radius 2 is 1.61 bits per heavy atom. The maximum Gasteiger partial charge on any atom is 0.00663 e. The summed E-state index contributed by atoms with van der Waals surface area (Å²) in [6, 6.07) is 0.706. The summed E-state index contributed by atoms with van der Waals surface area (Å²) >= 11 is 0. The van der Waals surface area contributed by atoms with Crippen molar-refractivity contribution in [2.75, 3.05) is 20.1 Å². The summed E-state index contributed by atoms with van der Waals surface area (Å²) < 4.78 is 0. The second-order valence-electron chi connectivity index (χ2n) is 6.68. The zero-order chi connectivity index (χ0) is 14.1. The van der Waals surface area contributed by atoms with Gasteiger partial charge in [0.1, 0.15) is 0 Å². The van der Waals surface area contributed by atoms with E-state index in [4.69, 9.17) is 5.73 Å². The zero-order valence-electron chi connectivity index (χ0n) is 13.6. The molecule has 0 aromatic carbocycles. The van der Waals surface area contributed by atoms with E-state index in [9.17, 15) is 0 Å². The van der Waals surface area contributed by atoms with E-state index in [1.165, 1.54) is 32.2 Å². The van der Waals surface area contributed by atoms with Gasteiger partial charge in [-0.25, -0.2) is 0 Å². The van der Waals surface area contributed by atoms with Crippen molar-refractivity contribution in [1.29, 1.82) is 0 Å². The van der Waals surface area contributed by atoms with Crippen molar-refractivity contribution < 1.29 is 0 Å². The van der Waals surface area contributed by atoms with E-state index >= 15 is 0 Å². The third kappa shape index (κ3) is 8.10. The average Bonchev–Trinajstić information content (AvgIpc) is 2.26. The predicted molar refractivity (Wildman–Crippen MR) is 82.8 cm³/mol. The van der Waals surface area contributed by atoms with Crippen LogP contribution in [0, 0.1) is 17.8 Å². The van der Waals surface area contributed by atoms with Crippen LogP contribution in [0.5, 0.6) is 0 Å². The molecule has 18 heavy (non-hydrogen) atoms. The Morgan fingerprint density at radius 3 is 2.06 bits per heavy atom. The van der Waals surface area contributed by atoms with Gasteiger partial charge in [-0.1, -0.05) is 27.7 Å². The minimum atomic E-state index is 0.706. The van der Waals surface area contributed by atoms with Crippen LogP contribution < -0.4 is 5.73 Å². The molecule has 0 aromatic rings. The lowest BCUT2D eigenvalue weighted by Crippen LogP contribution is -2.31. The lowest BCUT2D eigenvalue weighted by Gasteiger charge is -2.27. The van der Waals surface area contributed by atoms with Crippen LogP contribution in [0.2, 0.25) is 0 Å². The van der Waals surface area contributed by atoms with Crippen molar-refractivity contribution >= 4 is 0 Å². The number of nitrogens with zero attached hydrogens (tertiary/aromatic N) is 1. The third-order valence-corrected chi connectivity index (χ3v) is 4.13. The summed E-state index contributed by atoms with van der Waals surface area (Å²) in [5.74, 6) is 2.37. The Bertz CT molecular complexity index is 190. The molecule has 2 N–H and O–H groups in total. The molecular weight excluding hydrogens is 220 g/mol. The predicted octanol–water partition coefficient (Wildman–Crippen LogP) is 3.75. The van der Waals surface area contributed by atoms with Crippen molar-refractivity contribution in [3.05, 3.63) is 0 Å². The first kappa shape index (κ1) is 17.9. The summed E-state index contributed by atoms with van der Waals surface area (Å²) in [7, 11) is 2.26.